The van der Waals surface area contributed by atoms with Gasteiger partial charge in [-0.2, -0.15) is 0 Å². The van der Waals surface area contributed by atoms with E-state index in [-0.39, 0.29) is 0 Å². The minimum absolute atomic E-state index is 0.409. The average molecular weight is 360 g/mol. The third-order valence-electron chi connectivity index (χ3n) is 3.38. The van der Waals surface area contributed by atoms with E-state index in [9.17, 15) is 4.79 Å². The average Bonchev–Trinajstić information content (AvgIpc) is 2.62. The van der Waals surface area contributed by atoms with E-state index in [1.165, 1.54) is 0 Å². The zero-order chi connectivity index (χ0) is 19.2. The van der Waals surface area contributed by atoms with Crippen LogP contribution < -0.4 is 4.74 Å². The Labute approximate surface area is 153 Å². The number of carbonyl (C=O) groups is 2. The van der Waals surface area contributed by atoms with Gasteiger partial charge >= 0.3 is 12.3 Å². The number of hydrogen-bond acceptors (Lipinski definition) is 4. The molecule has 0 amide bonds. The Morgan fingerprint density at radius 1 is 0.885 bits per heavy atom. The van der Waals surface area contributed by atoms with Gasteiger partial charge in [-0.1, -0.05) is 74.7 Å². The largest absolute Gasteiger partial charge is 0.513 e. The number of hydrogen-bond donors (Lipinski definition) is 2. The molecular weight excluding hydrogens is 336 g/mol. The van der Waals surface area contributed by atoms with Gasteiger partial charge in [-0.05, 0) is 18.1 Å². The maximum atomic E-state index is 11.8. The van der Waals surface area contributed by atoms with E-state index in [0.717, 1.165) is 36.8 Å². The summed E-state index contributed by atoms with van der Waals surface area (Å²) in [4.78, 5) is 20.3. The highest BCUT2D eigenvalue weighted by Crippen LogP contribution is 2.29. The molecule has 2 N–H and O–H groups in total. The molecule has 0 spiro atoms. The number of rotatable bonds is 7. The Balaban J connectivity index is 0.000000765. The Morgan fingerprint density at radius 2 is 1.50 bits per heavy atom. The van der Waals surface area contributed by atoms with Crippen molar-refractivity contribution in [1.82, 2.24) is 0 Å². The lowest BCUT2D eigenvalue weighted by Gasteiger charge is -2.10. The molecular formula is C20H24O6. The quantitative estimate of drug-likeness (QED) is 0.375. The zero-order valence-corrected chi connectivity index (χ0v) is 14.8. The third kappa shape index (κ3) is 8.73. The van der Waals surface area contributed by atoms with Crippen LogP contribution in [0.3, 0.4) is 0 Å². The summed E-state index contributed by atoms with van der Waals surface area (Å²) in [5.74, 6) is 0.521. The molecule has 0 aliphatic heterocycles. The van der Waals surface area contributed by atoms with Crippen molar-refractivity contribution in [2.45, 2.75) is 32.6 Å². The highest BCUT2D eigenvalue weighted by molar-refractivity contribution is 5.74. The van der Waals surface area contributed by atoms with Gasteiger partial charge in [0.05, 0.1) is 6.61 Å². The SMILES string of the molecule is CCCCCCOC(=O)Oc1ccccc1-c1ccccc1.O=C(O)O. The first-order valence-corrected chi connectivity index (χ1v) is 8.45. The van der Waals surface area contributed by atoms with Crippen LogP contribution in [-0.4, -0.2) is 29.1 Å². The zero-order valence-electron chi connectivity index (χ0n) is 14.8. The fraction of sp³-hybridized carbons (Fsp3) is 0.300. The van der Waals surface area contributed by atoms with Gasteiger partial charge in [0.2, 0.25) is 0 Å². The number of carboxylic acid groups (broad SMARTS) is 2. The van der Waals surface area contributed by atoms with Gasteiger partial charge in [0.25, 0.3) is 0 Å². The van der Waals surface area contributed by atoms with E-state index in [1.807, 2.05) is 48.5 Å². The first-order chi connectivity index (χ1) is 12.5. The molecule has 26 heavy (non-hydrogen) atoms. The summed E-state index contributed by atoms with van der Waals surface area (Å²) in [6, 6.07) is 17.3. The van der Waals surface area contributed by atoms with Gasteiger partial charge in [0.1, 0.15) is 5.75 Å². The van der Waals surface area contributed by atoms with E-state index >= 15 is 0 Å². The monoisotopic (exact) mass is 360 g/mol. The summed E-state index contributed by atoms with van der Waals surface area (Å²) in [5, 5.41) is 13.9. The fourth-order valence-corrected chi connectivity index (χ4v) is 2.22. The number of benzene rings is 2. The van der Waals surface area contributed by atoms with Crippen molar-refractivity contribution in [3.8, 4) is 16.9 Å². The van der Waals surface area contributed by atoms with Crippen molar-refractivity contribution in [3.05, 3.63) is 54.6 Å². The second-order valence-electron chi connectivity index (χ2n) is 5.41. The highest BCUT2D eigenvalue weighted by atomic mass is 16.7. The summed E-state index contributed by atoms with van der Waals surface area (Å²) in [7, 11) is 0. The summed E-state index contributed by atoms with van der Waals surface area (Å²) < 4.78 is 10.5. The van der Waals surface area contributed by atoms with Gasteiger partial charge in [0, 0.05) is 5.56 Å². The Hall–Kier alpha value is -3.02. The van der Waals surface area contributed by atoms with Crippen molar-refractivity contribution in [1.29, 1.82) is 0 Å². The molecule has 0 bridgehead atoms. The van der Waals surface area contributed by atoms with E-state index in [0.29, 0.717) is 12.4 Å². The maximum absolute atomic E-state index is 11.8. The van der Waals surface area contributed by atoms with Crippen molar-refractivity contribution >= 4 is 12.3 Å². The molecule has 0 aliphatic carbocycles. The van der Waals surface area contributed by atoms with E-state index in [2.05, 4.69) is 6.92 Å². The van der Waals surface area contributed by atoms with Gasteiger partial charge in [-0.15, -0.1) is 0 Å². The van der Waals surface area contributed by atoms with Crippen LogP contribution in [0.1, 0.15) is 32.6 Å². The lowest BCUT2D eigenvalue weighted by atomic mass is 10.1. The molecule has 2 aromatic rings. The van der Waals surface area contributed by atoms with Crippen LogP contribution in [0, 0.1) is 0 Å². The van der Waals surface area contributed by atoms with E-state index < -0.39 is 12.3 Å². The molecule has 140 valence electrons. The van der Waals surface area contributed by atoms with Crippen LogP contribution in [0.5, 0.6) is 5.75 Å². The minimum Gasteiger partial charge on any atom is -0.450 e. The molecule has 0 saturated heterocycles. The molecule has 0 aliphatic rings. The minimum atomic E-state index is -1.83. The molecule has 6 nitrogen and oxygen atoms in total. The van der Waals surface area contributed by atoms with E-state index in [1.54, 1.807) is 6.07 Å². The Bertz CT molecular complexity index is 665. The van der Waals surface area contributed by atoms with Crippen molar-refractivity contribution < 1.29 is 29.3 Å². The van der Waals surface area contributed by atoms with Gasteiger partial charge in [-0.25, -0.2) is 9.59 Å². The van der Waals surface area contributed by atoms with Gasteiger partial charge in [0.15, 0.2) is 0 Å². The van der Waals surface area contributed by atoms with E-state index in [4.69, 9.17) is 24.5 Å². The maximum Gasteiger partial charge on any atom is 0.513 e. The number of para-hydroxylation sites is 1. The standard InChI is InChI=1S/C19H22O3.CH2O3/c1-2-3-4-10-15-21-19(20)22-18-14-9-8-13-17(18)16-11-6-5-7-12-16;2-1(3)4/h5-9,11-14H,2-4,10,15H2,1H3;(H2,2,3,4). The van der Waals surface area contributed by atoms with Crippen LogP contribution in [0.15, 0.2) is 54.6 Å². The second-order valence-corrected chi connectivity index (χ2v) is 5.41. The normalized spacial score (nSPS) is 9.58. The van der Waals surface area contributed by atoms with Crippen LogP contribution in [-0.2, 0) is 4.74 Å². The molecule has 0 radical (unpaired) electrons. The number of unbranched alkanes of at least 4 members (excludes halogenated alkanes) is 3. The first kappa shape index (κ1) is 21.0. The summed E-state index contributed by atoms with van der Waals surface area (Å²) in [5.41, 5.74) is 1.89. The Kier molecular flexibility index (Phi) is 9.99. The first-order valence-electron chi connectivity index (χ1n) is 8.45. The lowest BCUT2D eigenvalue weighted by molar-refractivity contribution is 0.0974. The second kappa shape index (κ2) is 12.4. The summed E-state index contributed by atoms with van der Waals surface area (Å²) in [6.45, 7) is 2.56. The molecule has 0 aromatic heterocycles. The molecule has 2 rings (SSSR count). The van der Waals surface area contributed by atoms with Crippen molar-refractivity contribution in [2.75, 3.05) is 6.61 Å². The number of carbonyl (C=O) groups excluding carboxylic acids is 1. The van der Waals surface area contributed by atoms with Crippen LogP contribution in [0.25, 0.3) is 11.1 Å². The molecule has 0 heterocycles. The third-order valence-corrected chi connectivity index (χ3v) is 3.38. The molecule has 0 fully saturated rings. The highest BCUT2D eigenvalue weighted by Gasteiger charge is 2.11. The van der Waals surface area contributed by atoms with Crippen molar-refractivity contribution in [2.24, 2.45) is 0 Å². The summed E-state index contributed by atoms with van der Waals surface area (Å²) >= 11 is 0. The van der Waals surface area contributed by atoms with Crippen LogP contribution in [0.2, 0.25) is 0 Å². The van der Waals surface area contributed by atoms with Crippen LogP contribution in [0.4, 0.5) is 9.59 Å². The predicted octanol–water partition coefficient (Wildman–Crippen LogP) is 5.67. The Morgan fingerprint density at radius 3 is 2.15 bits per heavy atom. The van der Waals surface area contributed by atoms with Gasteiger partial charge in [-0.3, -0.25) is 0 Å². The lowest BCUT2D eigenvalue weighted by Crippen LogP contribution is -2.12. The molecule has 2 aromatic carbocycles. The predicted molar refractivity (Wildman–Crippen MR) is 98.6 cm³/mol. The molecule has 0 unspecified atom stereocenters. The molecule has 0 atom stereocenters. The van der Waals surface area contributed by atoms with Gasteiger partial charge < -0.3 is 19.7 Å². The fourth-order valence-electron chi connectivity index (χ4n) is 2.22. The number of ether oxygens (including phenoxy) is 2. The summed E-state index contributed by atoms with van der Waals surface area (Å²) in [6.07, 6.45) is 1.80. The topological polar surface area (TPSA) is 93.1 Å². The molecule has 0 saturated carbocycles. The molecule has 6 heteroatoms. The van der Waals surface area contributed by atoms with Crippen molar-refractivity contribution in [3.63, 3.8) is 0 Å². The smallest absolute Gasteiger partial charge is 0.450 e. The van der Waals surface area contributed by atoms with Crippen LogP contribution >= 0.6 is 0 Å².